The zero-order chi connectivity index (χ0) is 18.1. The van der Waals surface area contributed by atoms with Gasteiger partial charge in [-0.1, -0.05) is 30.3 Å². The maximum atomic E-state index is 13.1. The van der Waals surface area contributed by atoms with E-state index >= 15 is 0 Å². The van der Waals surface area contributed by atoms with Crippen LogP contribution >= 0.6 is 0 Å². The topological polar surface area (TPSA) is 49.9 Å². The molecule has 3 fully saturated rings. The third-order valence-electron chi connectivity index (χ3n) is 6.36. The maximum absolute atomic E-state index is 13.1. The Balaban J connectivity index is 1.53. The molecular formula is C21H28N2O3. The Morgan fingerprint density at radius 3 is 2.50 bits per heavy atom. The number of carbonyl (C=O) groups is 2. The van der Waals surface area contributed by atoms with Crippen molar-refractivity contribution >= 4 is 11.8 Å². The average Bonchev–Trinajstić information content (AvgIpc) is 3.50. The number of methoxy groups -OCH3 is 1. The van der Waals surface area contributed by atoms with Crippen LogP contribution in [0.15, 0.2) is 30.3 Å². The smallest absolute Gasteiger partial charge is 0.248 e. The van der Waals surface area contributed by atoms with E-state index < -0.39 is 0 Å². The van der Waals surface area contributed by atoms with E-state index in [1.54, 1.807) is 7.11 Å². The molecule has 140 valence electrons. The molecule has 0 radical (unpaired) electrons. The van der Waals surface area contributed by atoms with E-state index in [1.807, 2.05) is 23.1 Å². The van der Waals surface area contributed by atoms with Gasteiger partial charge in [-0.25, -0.2) is 0 Å². The number of ether oxygens (including phenoxy) is 1. The minimum Gasteiger partial charge on any atom is -0.375 e. The molecule has 1 unspecified atom stereocenters. The van der Waals surface area contributed by atoms with Crippen molar-refractivity contribution in [1.82, 2.24) is 9.80 Å². The Bertz CT molecular complexity index is 663. The summed E-state index contributed by atoms with van der Waals surface area (Å²) in [5.41, 5.74) is 1.28. The molecule has 1 aromatic carbocycles. The molecule has 2 aliphatic heterocycles. The van der Waals surface area contributed by atoms with Crippen molar-refractivity contribution in [3.05, 3.63) is 35.9 Å². The van der Waals surface area contributed by atoms with Gasteiger partial charge in [0.25, 0.3) is 0 Å². The largest absolute Gasteiger partial charge is 0.375 e. The van der Waals surface area contributed by atoms with E-state index in [4.69, 9.17) is 4.74 Å². The van der Waals surface area contributed by atoms with Gasteiger partial charge in [0.15, 0.2) is 0 Å². The van der Waals surface area contributed by atoms with Gasteiger partial charge >= 0.3 is 0 Å². The van der Waals surface area contributed by atoms with Crippen LogP contribution in [0.2, 0.25) is 0 Å². The summed E-state index contributed by atoms with van der Waals surface area (Å²) in [6.07, 6.45) is 5.14. The molecule has 1 aliphatic carbocycles. The molecule has 1 spiro atoms. The first-order valence-electron chi connectivity index (χ1n) is 9.74. The Morgan fingerprint density at radius 2 is 1.88 bits per heavy atom. The Morgan fingerprint density at radius 1 is 1.19 bits per heavy atom. The van der Waals surface area contributed by atoms with Crippen molar-refractivity contribution in [2.24, 2.45) is 5.41 Å². The van der Waals surface area contributed by atoms with E-state index in [2.05, 4.69) is 17.0 Å². The number of rotatable bonds is 4. The van der Waals surface area contributed by atoms with Crippen LogP contribution in [0.3, 0.4) is 0 Å². The first-order chi connectivity index (χ1) is 12.6. The van der Waals surface area contributed by atoms with Crippen LogP contribution in [0.1, 0.15) is 43.6 Å². The number of carbonyl (C=O) groups excluding carboxylic acids is 2. The Kier molecular flexibility index (Phi) is 4.74. The number of likely N-dealkylation sites (tertiary alicyclic amines) is 2. The second-order valence-corrected chi connectivity index (χ2v) is 8.18. The molecule has 1 aromatic rings. The van der Waals surface area contributed by atoms with E-state index in [0.29, 0.717) is 11.9 Å². The van der Waals surface area contributed by atoms with Crippen molar-refractivity contribution < 1.29 is 14.3 Å². The molecule has 5 nitrogen and oxygen atoms in total. The van der Waals surface area contributed by atoms with Crippen LogP contribution in [0.4, 0.5) is 0 Å². The number of benzene rings is 1. The highest BCUT2D eigenvalue weighted by Gasteiger charge is 2.49. The monoisotopic (exact) mass is 356 g/mol. The predicted molar refractivity (Wildman–Crippen MR) is 98.7 cm³/mol. The lowest BCUT2D eigenvalue weighted by Gasteiger charge is -2.50. The minimum absolute atomic E-state index is 0.0354. The maximum Gasteiger partial charge on any atom is 0.248 e. The second kappa shape index (κ2) is 7.03. The first-order valence-corrected chi connectivity index (χ1v) is 9.74. The van der Waals surface area contributed by atoms with Gasteiger partial charge in [0.1, 0.15) is 6.61 Å². The number of hydrogen-bond donors (Lipinski definition) is 0. The summed E-state index contributed by atoms with van der Waals surface area (Å²) in [7, 11) is 1.56. The molecule has 0 N–H and O–H groups in total. The molecule has 1 saturated carbocycles. The van der Waals surface area contributed by atoms with Crippen LogP contribution < -0.4 is 0 Å². The van der Waals surface area contributed by atoms with Crippen molar-refractivity contribution in [3.63, 3.8) is 0 Å². The van der Waals surface area contributed by atoms with Crippen molar-refractivity contribution in [1.29, 1.82) is 0 Å². The minimum atomic E-state index is -0.0354. The molecule has 0 aromatic heterocycles. The molecular weight excluding hydrogens is 328 g/mol. The van der Waals surface area contributed by atoms with E-state index in [1.165, 1.54) is 0 Å². The Hall–Kier alpha value is -1.88. The predicted octanol–water partition coefficient (Wildman–Crippen LogP) is 2.42. The highest BCUT2D eigenvalue weighted by Crippen LogP contribution is 2.48. The van der Waals surface area contributed by atoms with Gasteiger partial charge in [0.05, 0.1) is 5.92 Å². The summed E-state index contributed by atoms with van der Waals surface area (Å²) in [5, 5.41) is 0. The number of piperidine rings is 2. The van der Waals surface area contributed by atoms with Gasteiger partial charge in [0.2, 0.25) is 11.8 Å². The lowest BCUT2D eigenvalue weighted by Crippen LogP contribution is -2.55. The van der Waals surface area contributed by atoms with E-state index in [-0.39, 0.29) is 23.8 Å². The summed E-state index contributed by atoms with van der Waals surface area (Å²) in [6.45, 7) is 2.57. The lowest BCUT2D eigenvalue weighted by molar-refractivity contribution is -0.146. The van der Waals surface area contributed by atoms with Gasteiger partial charge < -0.3 is 14.5 Å². The van der Waals surface area contributed by atoms with Crippen LogP contribution in [0, 0.1) is 5.41 Å². The summed E-state index contributed by atoms with van der Waals surface area (Å²) in [6, 6.07) is 10.7. The highest BCUT2D eigenvalue weighted by molar-refractivity contribution is 5.85. The van der Waals surface area contributed by atoms with Gasteiger partial charge in [-0.15, -0.1) is 0 Å². The first kappa shape index (κ1) is 17.5. The van der Waals surface area contributed by atoms with Crippen molar-refractivity contribution in [2.75, 3.05) is 33.4 Å². The standard InChI is InChI=1S/C21H28N2O3/c1-26-14-19(24)22-11-9-21(10-12-22)13-18(16-5-3-2-4-6-16)20(25)23(15-21)17-7-8-17/h2-6,17-18H,7-15H2,1H3. The van der Waals surface area contributed by atoms with Crippen molar-refractivity contribution in [2.45, 2.75) is 44.1 Å². The third-order valence-corrected chi connectivity index (χ3v) is 6.36. The van der Waals surface area contributed by atoms with Crippen LogP contribution in [0.5, 0.6) is 0 Å². The van der Waals surface area contributed by atoms with Crippen molar-refractivity contribution in [3.8, 4) is 0 Å². The van der Waals surface area contributed by atoms with Gasteiger partial charge in [0, 0.05) is 32.8 Å². The Labute approximate surface area is 155 Å². The molecule has 5 heteroatoms. The zero-order valence-electron chi connectivity index (χ0n) is 15.5. The summed E-state index contributed by atoms with van der Waals surface area (Å²) in [4.78, 5) is 29.3. The van der Waals surface area contributed by atoms with Gasteiger partial charge in [-0.05, 0) is 43.1 Å². The van der Waals surface area contributed by atoms with Gasteiger partial charge in [-0.3, -0.25) is 9.59 Å². The molecule has 3 aliphatic rings. The number of amides is 2. The fourth-order valence-electron chi connectivity index (χ4n) is 4.67. The molecule has 2 heterocycles. The van der Waals surface area contributed by atoms with Gasteiger partial charge in [-0.2, -0.15) is 0 Å². The SMILES string of the molecule is COCC(=O)N1CCC2(CC1)CC(c1ccccc1)C(=O)N(C1CC1)C2. The quantitative estimate of drug-likeness (QED) is 0.832. The highest BCUT2D eigenvalue weighted by atomic mass is 16.5. The summed E-state index contributed by atoms with van der Waals surface area (Å²) >= 11 is 0. The fraction of sp³-hybridized carbons (Fsp3) is 0.619. The molecule has 1 atom stereocenters. The van der Waals surface area contributed by atoms with E-state index in [0.717, 1.165) is 57.3 Å². The third kappa shape index (κ3) is 3.37. The average molecular weight is 356 g/mol. The molecule has 0 bridgehead atoms. The summed E-state index contributed by atoms with van der Waals surface area (Å²) < 4.78 is 5.00. The lowest BCUT2D eigenvalue weighted by atomic mass is 9.67. The zero-order valence-corrected chi connectivity index (χ0v) is 15.5. The van der Waals surface area contributed by atoms with Crippen LogP contribution in [-0.2, 0) is 14.3 Å². The molecule has 4 rings (SSSR count). The fourth-order valence-corrected chi connectivity index (χ4v) is 4.67. The number of hydrogen-bond acceptors (Lipinski definition) is 3. The second-order valence-electron chi connectivity index (χ2n) is 8.18. The van der Waals surface area contributed by atoms with Crippen LogP contribution in [-0.4, -0.2) is 61.0 Å². The summed E-state index contributed by atoms with van der Waals surface area (Å²) in [5.74, 6) is 0.349. The van der Waals surface area contributed by atoms with E-state index in [9.17, 15) is 9.59 Å². The molecule has 2 saturated heterocycles. The normalized spacial score (nSPS) is 25.6. The number of nitrogens with zero attached hydrogens (tertiary/aromatic N) is 2. The molecule has 26 heavy (non-hydrogen) atoms. The molecule has 2 amide bonds. The van der Waals surface area contributed by atoms with Crippen LogP contribution in [0.25, 0.3) is 0 Å².